The van der Waals surface area contributed by atoms with Crippen LogP contribution in [0.4, 0.5) is 5.69 Å². The van der Waals surface area contributed by atoms with Crippen molar-refractivity contribution in [3.63, 3.8) is 0 Å². The first-order chi connectivity index (χ1) is 8.74. The number of hydrogen-bond donors (Lipinski definition) is 1. The molecule has 1 aliphatic heterocycles. The molecule has 18 heavy (non-hydrogen) atoms. The quantitative estimate of drug-likeness (QED) is 0.873. The Kier molecular flexibility index (Phi) is 2.44. The lowest BCUT2D eigenvalue weighted by molar-refractivity contribution is -0.137. The van der Waals surface area contributed by atoms with Crippen molar-refractivity contribution in [3.05, 3.63) is 36.0 Å². The van der Waals surface area contributed by atoms with Gasteiger partial charge in [-0.05, 0) is 6.07 Å². The van der Waals surface area contributed by atoms with Crippen LogP contribution in [0, 0.1) is 0 Å². The molecule has 1 aromatic heterocycles. The van der Waals surface area contributed by atoms with Crippen molar-refractivity contribution in [2.75, 3.05) is 0 Å². The molecule has 0 spiro atoms. The maximum atomic E-state index is 10.7. The molecule has 0 aliphatic carbocycles. The number of carboxylic acid groups (broad SMARTS) is 1. The summed E-state index contributed by atoms with van der Waals surface area (Å²) < 4.78 is 1.46. The number of fused-ring (bicyclic) bond motifs is 3. The number of aromatic nitrogens is 2. The topological polar surface area (TPSA) is 67.5 Å². The molecule has 0 unspecified atom stereocenters. The van der Waals surface area contributed by atoms with Crippen molar-refractivity contribution in [3.8, 4) is 11.3 Å². The predicted molar refractivity (Wildman–Crippen MR) is 67.2 cm³/mol. The molecule has 0 saturated heterocycles. The Morgan fingerprint density at radius 3 is 3.06 bits per heavy atom. The summed E-state index contributed by atoms with van der Waals surface area (Å²) in [6.45, 7) is -0.119. The average molecular weight is 241 g/mol. The van der Waals surface area contributed by atoms with E-state index in [-0.39, 0.29) is 6.54 Å². The molecule has 1 N–H and O–H groups in total. The van der Waals surface area contributed by atoms with Crippen molar-refractivity contribution >= 4 is 17.9 Å². The summed E-state index contributed by atoms with van der Waals surface area (Å²) in [4.78, 5) is 15.1. The molecule has 0 bridgehead atoms. The van der Waals surface area contributed by atoms with E-state index in [9.17, 15) is 4.79 Å². The Bertz CT molecular complexity index is 643. The third-order valence-electron chi connectivity index (χ3n) is 2.84. The van der Waals surface area contributed by atoms with E-state index < -0.39 is 5.97 Å². The normalized spacial score (nSPS) is 12.7. The SMILES string of the molecule is O=C(O)Cn1cc2c(n1)-c1ccccc1N=CC2. The number of aliphatic imine (C=N–C) groups is 1. The second-order valence-corrected chi connectivity index (χ2v) is 4.13. The Balaban J connectivity index is 2.12. The first-order valence-electron chi connectivity index (χ1n) is 5.64. The summed E-state index contributed by atoms with van der Waals surface area (Å²) in [6, 6.07) is 7.74. The van der Waals surface area contributed by atoms with Crippen LogP contribution in [0.15, 0.2) is 35.5 Å². The first-order valence-corrected chi connectivity index (χ1v) is 5.64. The van der Waals surface area contributed by atoms with Gasteiger partial charge in [-0.3, -0.25) is 14.5 Å². The van der Waals surface area contributed by atoms with Gasteiger partial charge in [0.05, 0.1) is 11.4 Å². The van der Waals surface area contributed by atoms with E-state index in [0.29, 0.717) is 6.42 Å². The van der Waals surface area contributed by atoms with E-state index in [1.807, 2.05) is 30.5 Å². The van der Waals surface area contributed by atoms with Gasteiger partial charge in [0, 0.05) is 30.0 Å². The fourth-order valence-corrected chi connectivity index (χ4v) is 2.09. The minimum absolute atomic E-state index is 0.119. The number of carboxylic acids is 1. The maximum Gasteiger partial charge on any atom is 0.325 e. The molecule has 0 atom stereocenters. The van der Waals surface area contributed by atoms with Crippen LogP contribution in [0.3, 0.4) is 0 Å². The van der Waals surface area contributed by atoms with Gasteiger partial charge in [0.15, 0.2) is 0 Å². The number of hydrogen-bond acceptors (Lipinski definition) is 3. The van der Waals surface area contributed by atoms with E-state index in [1.165, 1.54) is 4.68 Å². The highest BCUT2D eigenvalue weighted by atomic mass is 16.4. The van der Waals surface area contributed by atoms with Gasteiger partial charge in [0.25, 0.3) is 0 Å². The number of nitrogens with zero attached hydrogens (tertiary/aromatic N) is 3. The molecule has 0 radical (unpaired) electrons. The summed E-state index contributed by atoms with van der Waals surface area (Å²) in [5, 5.41) is 13.1. The van der Waals surface area contributed by atoms with Gasteiger partial charge in [0.2, 0.25) is 0 Å². The second kappa shape index (κ2) is 4.10. The minimum Gasteiger partial charge on any atom is -0.480 e. The summed E-state index contributed by atoms with van der Waals surface area (Å²) in [5.41, 5.74) is 3.65. The van der Waals surface area contributed by atoms with Crippen LogP contribution in [0.5, 0.6) is 0 Å². The molecule has 2 aromatic rings. The molecule has 0 saturated carbocycles. The van der Waals surface area contributed by atoms with Gasteiger partial charge in [0.1, 0.15) is 6.54 Å². The lowest BCUT2D eigenvalue weighted by atomic mass is 10.1. The number of benzene rings is 1. The fourth-order valence-electron chi connectivity index (χ4n) is 2.09. The maximum absolute atomic E-state index is 10.7. The first kappa shape index (κ1) is 10.7. The van der Waals surface area contributed by atoms with Gasteiger partial charge in [-0.15, -0.1) is 0 Å². The highest BCUT2D eigenvalue weighted by molar-refractivity contribution is 5.83. The summed E-state index contributed by atoms with van der Waals surface area (Å²) in [6.07, 6.45) is 4.28. The van der Waals surface area contributed by atoms with Crippen LogP contribution in [-0.2, 0) is 17.8 Å². The Labute approximate surface area is 103 Å². The van der Waals surface area contributed by atoms with E-state index in [4.69, 9.17) is 5.11 Å². The lowest BCUT2D eigenvalue weighted by Crippen LogP contribution is -2.09. The van der Waals surface area contributed by atoms with Gasteiger partial charge in [-0.2, -0.15) is 5.10 Å². The second-order valence-electron chi connectivity index (χ2n) is 4.13. The number of aliphatic carboxylic acids is 1. The molecule has 2 heterocycles. The van der Waals surface area contributed by atoms with Crippen molar-refractivity contribution in [1.29, 1.82) is 0 Å². The van der Waals surface area contributed by atoms with Crippen molar-refractivity contribution in [2.45, 2.75) is 13.0 Å². The van der Waals surface area contributed by atoms with Gasteiger partial charge >= 0.3 is 5.97 Å². The zero-order valence-corrected chi connectivity index (χ0v) is 9.58. The summed E-state index contributed by atoms with van der Waals surface area (Å²) >= 11 is 0. The highest BCUT2D eigenvalue weighted by Crippen LogP contribution is 2.33. The Morgan fingerprint density at radius 1 is 1.39 bits per heavy atom. The van der Waals surface area contributed by atoms with E-state index >= 15 is 0 Å². The zero-order chi connectivity index (χ0) is 12.5. The number of rotatable bonds is 2. The summed E-state index contributed by atoms with van der Waals surface area (Å²) in [7, 11) is 0. The highest BCUT2D eigenvalue weighted by Gasteiger charge is 2.16. The van der Waals surface area contributed by atoms with Crippen LogP contribution >= 0.6 is 0 Å². The average Bonchev–Trinajstić information content (AvgIpc) is 2.64. The molecule has 0 fully saturated rings. The number of carbonyl (C=O) groups is 1. The Hall–Kier alpha value is -2.43. The molecular weight excluding hydrogens is 230 g/mol. The molecule has 0 amide bonds. The van der Waals surface area contributed by atoms with Gasteiger partial charge in [-0.25, -0.2) is 0 Å². The Morgan fingerprint density at radius 2 is 2.22 bits per heavy atom. The van der Waals surface area contributed by atoms with E-state index in [1.54, 1.807) is 6.20 Å². The molecular formula is C13H11N3O2. The molecule has 90 valence electrons. The molecule has 3 rings (SSSR count). The molecule has 1 aromatic carbocycles. The predicted octanol–water partition coefficient (Wildman–Crippen LogP) is 1.89. The van der Waals surface area contributed by atoms with E-state index in [0.717, 1.165) is 22.5 Å². The third kappa shape index (κ3) is 1.79. The van der Waals surface area contributed by atoms with Crippen LogP contribution in [0.2, 0.25) is 0 Å². The summed E-state index contributed by atoms with van der Waals surface area (Å²) in [5.74, 6) is -0.894. The van der Waals surface area contributed by atoms with Crippen molar-refractivity contribution in [2.24, 2.45) is 4.99 Å². The largest absolute Gasteiger partial charge is 0.480 e. The van der Waals surface area contributed by atoms with Gasteiger partial charge in [-0.1, -0.05) is 18.2 Å². The molecule has 1 aliphatic rings. The van der Waals surface area contributed by atoms with Crippen LogP contribution in [0.25, 0.3) is 11.3 Å². The minimum atomic E-state index is -0.894. The third-order valence-corrected chi connectivity index (χ3v) is 2.84. The fraction of sp³-hybridized carbons (Fsp3) is 0.154. The van der Waals surface area contributed by atoms with Crippen LogP contribution < -0.4 is 0 Å². The zero-order valence-electron chi connectivity index (χ0n) is 9.58. The molecule has 5 nitrogen and oxygen atoms in total. The van der Waals surface area contributed by atoms with Crippen LogP contribution in [-0.4, -0.2) is 27.1 Å². The smallest absolute Gasteiger partial charge is 0.325 e. The van der Waals surface area contributed by atoms with Gasteiger partial charge < -0.3 is 5.11 Å². The monoisotopic (exact) mass is 241 g/mol. The van der Waals surface area contributed by atoms with Crippen molar-refractivity contribution < 1.29 is 9.90 Å². The number of para-hydroxylation sites is 1. The standard InChI is InChI=1S/C13H11N3O2/c17-12(18)8-16-7-9-5-6-14-11-4-2-1-3-10(11)13(9)15-16/h1-4,6-7H,5,8H2,(H,17,18). The lowest BCUT2D eigenvalue weighted by Gasteiger charge is -2.01. The molecule has 5 heteroatoms. The van der Waals surface area contributed by atoms with Crippen LogP contribution in [0.1, 0.15) is 5.56 Å². The van der Waals surface area contributed by atoms with E-state index in [2.05, 4.69) is 10.1 Å². The van der Waals surface area contributed by atoms with Crippen molar-refractivity contribution in [1.82, 2.24) is 9.78 Å².